The van der Waals surface area contributed by atoms with E-state index in [4.69, 9.17) is 27.9 Å². The van der Waals surface area contributed by atoms with E-state index >= 15 is 0 Å². The molecule has 1 aromatic carbocycles. The van der Waals surface area contributed by atoms with E-state index in [0.717, 1.165) is 11.1 Å². The number of hydrogen-bond donors (Lipinski definition) is 0. The quantitative estimate of drug-likeness (QED) is 0.798. The van der Waals surface area contributed by atoms with Crippen molar-refractivity contribution in [2.75, 3.05) is 7.11 Å². The lowest BCUT2D eigenvalue weighted by Gasteiger charge is -2.15. The molecule has 0 saturated heterocycles. The van der Waals surface area contributed by atoms with Crippen molar-refractivity contribution in [2.24, 2.45) is 0 Å². The van der Waals surface area contributed by atoms with Crippen molar-refractivity contribution in [2.45, 2.75) is 19.4 Å². The number of rotatable bonds is 4. The molecule has 0 N–H and O–H groups in total. The van der Waals surface area contributed by atoms with Crippen molar-refractivity contribution in [1.82, 2.24) is 9.97 Å². The van der Waals surface area contributed by atoms with Crippen molar-refractivity contribution in [3.05, 3.63) is 57.6 Å². The van der Waals surface area contributed by atoms with Crippen LogP contribution in [0.2, 0.25) is 10.3 Å². The van der Waals surface area contributed by atoms with Crippen molar-refractivity contribution in [3.63, 3.8) is 0 Å². The maximum absolute atomic E-state index is 6.13. The normalized spacial score (nSPS) is 12.4. The Morgan fingerprint density at radius 1 is 1.11 bits per heavy atom. The predicted molar refractivity (Wildman–Crippen MR) is 76.7 cm³/mol. The number of ether oxygens (including phenoxy) is 1. The van der Waals surface area contributed by atoms with Gasteiger partial charge < -0.3 is 4.74 Å². The van der Waals surface area contributed by atoms with E-state index in [1.165, 1.54) is 0 Å². The molecule has 0 aliphatic carbocycles. The van der Waals surface area contributed by atoms with Crippen molar-refractivity contribution < 1.29 is 4.74 Å². The van der Waals surface area contributed by atoms with Crippen LogP contribution in [0.1, 0.15) is 30.0 Å². The molecule has 1 aromatic heterocycles. The lowest BCUT2D eigenvalue weighted by molar-refractivity contribution is 0.129. The van der Waals surface area contributed by atoms with Crippen LogP contribution >= 0.6 is 23.2 Å². The predicted octanol–water partition coefficient (Wildman–Crippen LogP) is 4.08. The molecule has 0 fully saturated rings. The van der Waals surface area contributed by atoms with Gasteiger partial charge in [-0.1, -0.05) is 60.5 Å². The third kappa shape index (κ3) is 3.06. The Labute approximate surface area is 122 Å². The Morgan fingerprint density at radius 2 is 1.68 bits per heavy atom. The van der Waals surface area contributed by atoms with Gasteiger partial charge in [-0.15, -0.1) is 0 Å². The molecule has 1 atom stereocenters. The fraction of sp³-hybridized carbons (Fsp3) is 0.286. The van der Waals surface area contributed by atoms with E-state index in [9.17, 15) is 0 Å². The average molecular weight is 297 g/mol. The van der Waals surface area contributed by atoms with Crippen LogP contribution in [0.4, 0.5) is 0 Å². The van der Waals surface area contributed by atoms with Gasteiger partial charge in [-0.05, 0) is 12.0 Å². The van der Waals surface area contributed by atoms with Crippen LogP contribution < -0.4 is 0 Å². The average Bonchev–Trinajstić information content (AvgIpc) is 2.40. The molecular formula is C14H14Cl2N2O. The minimum atomic E-state index is -0.373. The molecule has 100 valence electrons. The van der Waals surface area contributed by atoms with Gasteiger partial charge in [0.25, 0.3) is 0 Å². The lowest BCUT2D eigenvalue weighted by atomic mass is 10.1. The highest BCUT2D eigenvalue weighted by Gasteiger charge is 2.19. The summed E-state index contributed by atoms with van der Waals surface area (Å²) in [6.07, 6.45) is 0.322. The van der Waals surface area contributed by atoms with E-state index in [2.05, 4.69) is 9.97 Å². The molecule has 1 heterocycles. The summed E-state index contributed by atoms with van der Waals surface area (Å²) in [6, 6.07) is 9.72. The summed E-state index contributed by atoms with van der Waals surface area (Å²) in [4.78, 5) is 8.59. The first-order chi connectivity index (χ1) is 9.17. The smallest absolute Gasteiger partial charge is 0.165 e. The molecule has 19 heavy (non-hydrogen) atoms. The maximum atomic E-state index is 6.13. The first-order valence-electron chi connectivity index (χ1n) is 5.97. The number of halogens is 2. The Kier molecular flexibility index (Phi) is 4.75. The van der Waals surface area contributed by atoms with Crippen molar-refractivity contribution in [1.29, 1.82) is 0 Å². The minimum Gasteiger partial charge on any atom is -0.369 e. The van der Waals surface area contributed by atoms with E-state index in [0.29, 0.717) is 22.6 Å². The number of methoxy groups -OCH3 is 1. The van der Waals surface area contributed by atoms with E-state index in [1.807, 2.05) is 37.3 Å². The van der Waals surface area contributed by atoms with Gasteiger partial charge in [0.15, 0.2) is 5.82 Å². The monoisotopic (exact) mass is 296 g/mol. The van der Waals surface area contributed by atoms with Crippen LogP contribution in [0.5, 0.6) is 0 Å². The van der Waals surface area contributed by atoms with Gasteiger partial charge in [0.1, 0.15) is 16.4 Å². The number of nitrogens with zero attached hydrogens (tertiary/aromatic N) is 2. The van der Waals surface area contributed by atoms with Crippen LogP contribution in [0.25, 0.3) is 0 Å². The topological polar surface area (TPSA) is 35.0 Å². The van der Waals surface area contributed by atoms with Crippen molar-refractivity contribution >= 4 is 23.2 Å². The van der Waals surface area contributed by atoms with Crippen LogP contribution in [0.3, 0.4) is 0 Å². The molecular weight excluding hydrogens is 283 g/mol. The molecule has 2 aromatic rings. The maximum Gasteiger partial charge on any atom is 0.165 e. The molecule has 2 rings (SSSR count). The van der Waals surface area contributed by atoms with Gasteiger partial charge in [0.05, 0.1) is 0 Å². The Hall–Kier alpha value is -1.16. The van der Waals surface area contributed by atoms with Crippen LogP contribution in [-0.2, 0) is 11.2 Å². The molecule has 0 amide bonds. The third-order valence-corrected chi connectivity index (χ3v) is 3.47. The van der Waals surface area contributed by atoms with Crippen LogP contribution in [0.15, 0.2) is 30.3 Å². The Morgan fingerprint density at radius 3 is 2.16 bits per heavy atom. The fourth-order valence-electron chi connectivity index (χ4n) is 1.87. The van der Waals surface area contributed by atoms with Crippen LogP contribution in [-0.4, -0.2) is 17.1 Å². The number of benzene rings is 1. The second-order valence-corrected chi connectivity index (χ2v) is 4.74. The van der Waals surface area contributed by atoms with Gasteiger partial charge in [-0.3, -0.25) is 0 Å². The Bertz CT molecular complexity index is 538. The first kappa shape index (κ1) is 14.3. The van der Waals surface area contributed by atoms with Gasteiger partial charge in [0, 0.05) is 12.7 Å². The zero-order valence-electron chi connectivity index (χ0n) is 10.7. The van der Waals surface area contributed by atoms with Gasteiger partial charge >= 0.3 is 0 Å². The summed E-state index contributed by atoms with van der Waals surface area (Å²) in [6.45, 7) is 1.96. The highest BCUT2D eigenvalue weighted by atomic mass is 35.5. The lowest BCUT2D eigenvalue weighted by Crippen LogP contribution is -2.10. The molecule has 1 unspecified atom stereocenters. The second kappa shape index (κ2) is 6.33. The summed E-state index contributed by atoms with van der Waals surface area (Å²) >= 11 is 12.3. The molecule has 0 spiro atoms. The summed E-state index contributed by atoms with van der Waals surface area (Å²) < 4.78 is 5.46. The van der Waals surface area contributed by atoms with Gasteiger partial charge in [-0.2, -0.15) is 0 Å². The molecule has 3 nitrogen and oxygen atoms in total. The van der Waals surface area contributed by atoms with Crippen molar-refractivity contribution in [3.8, 4) is 0 Å². The Balaban J connectivity index is 2.45. The largest absolute Gasteiger partial charge is 0.369 e. The van der Waals surface area contributed by atoms with E-state index in [1.54, 1.807) is 7.11 Å². The van der Waals surface area contributed by atoms with Gasteiger partial charge in [0.2, 0.25) is 0 Å². The zero-order chi connectivity index (χ0) is 13.8. The first-order valence-corrected chi connectivity index (χ1v) is 6.72. The minimum absolute atomic E-state index is 0.373. The molecule has 0 radical (unpaired) electrons. The highest BCUT2D eigenvalue weighted by Crippen LogP contribution is 2.28. The molecule has 0 bridgehead atoms. The summed E-state index contributed by atoms with van der Waals surface area (Å²) in [5.74, 6) is 0.473. The molecule has 0 aliphatic rings. The fourth-order valence-corrected chi connectivity index (χ4v) is 2.54. The molecule has 0 aliphatic heterocycles. The van der Waals surface area contributed by atoms with E-state index < -0.39 is 0 Å². The summed E-state index contributed by atoms with van der Waals surface area (Å²) in [5, 5.41) is 0.769. The standard InChI is InChI=1S/C14H14Cl2N2O/c1-3-10-12(15)17-14(18-13(10)16)11(19-2)9-7-5-4-6-8-9/h4-8,11H,3H2,1-2H3. The van der Waals surface area contributed by atoms with Crippen LogP contribution in [0, 0.1) is 0 Å². The second-order valence-electron chi connectivity index (χ2n) is 4.02. The number of hydrogen-bond acceptors (Lipinski definition) is 3. The highest BCUT2D eigenvalue weighted by molar-refractivity contribution is 6.34. The summed E-state index contributed by atoms with van der Waals surface area (Å²) in [5.41, 5.74) is 1.72. The SMILES string of the molecule is CCc1c(Cl)nc(C(OC)c2ccccc2)nc1Cl. The van der Waals surface area contributed by atoms with E-state index in [-0.39, 0.29) is 6.10 Å². The zero-order valence-corrected chi connectivity index (χ0v) is 12.2. The van der Waals surface area contributed by atoms with Gasteiger partial charge in [-0.25, -0.2) is 9.97 Å². The third-order valence-electron chi connectivity index (χ3n) is 2.85. The number of aromatic nitrogens is 2. The molecule has 5 heteroatoms. The summed E-state index contributed by atoms with van der Waals surface area (Å²) in [7, 11) is 1.61. The molecule has 0 saturated carbocycles.